The van der Waals surface area contributed by atoms with Gasteiger partial charge in [0.1, 0.15) is 0 Å². The first kappa shape index (κ1) is 16.3. The van der Waals surface area contributed by atoms with E-state index in [1.165, 1.54) is 0 Å². The second-order valence-corrected chi connectivity index (χ2v) is 4.53. The lowest BCUT2D eigenvalue weighted by Crippen LogP contribution is -2.10. The topological polar surface area (TPSA) is 44.8 Å². The Morgan fingerprint density at radius 1 is 1.20 bits per heavy atom. The molecule has 20 heavy (non-hydrogen) atoms. The smallest absolute Gasteiger partial charge is 0.305 e. The van der Waals surface area contributed by atoms with Crippen LogP contribution in [0.25, 0.3) is 0 Å². The van der Waals surface area contributed by atoms with Gasteiger partial charge in [0, 0.05) is 6.42 Å². The van der Waals surface area contributed by atoms with Crippen molar-refractivity contribution in [3.63, 3.8) is 0 Å². The minimum atomic E-state index is -0.0359. The first-order valence-electron chi connectivity index (χ1n) is 7.19. The number of ether oxygens (including phenoxy) is 3. The van der Waals surface area contributed by atoms with Gasteiger partial charge in [-0.05, 0) is 31.4 Å². The van der Waals surface area contributed by atoms with Crippen LogP contribution in [-0.4, -0.2) is 26.3 Å². The second-order valence-electron chi connectivity index (χ2n) is 4.53. The largest absolute Gasteiger partial charge is 0.493 e. The Labute approximate surface area is 121 Å². The Morgan fingerprint density at radius 2 is 1.95 bits per heavy atom. The number of carbonyl (C=O) groups excluding carboxylic acids is 1. The minimum Gasteiger partial charge on any atom is -0.493 e. The van der Waals surface area contributed by atoms with E-state index >= 15 is 0 Å². The van der Waals surface area contributed by atoms with E-state index in [1.807, 2.05) is 24.3 Å². The summed E-state index contributed by atoms with van der Waals surface area (Å²) in [6.45, 7) is 3.54. The van der Waals surface area contributed by atoms with E-state index in [1.54, 1.807) is 7.11 Å². The monoisotopic (exact) mass is 280 g/mol. The molecule has 1 aliphatic heterocycles. The summed E-state index contributed by atoms with van der Waals surface area (Å²) >= 11 is 0. The fourth-order valence-corrected chi connectivity index (χ4v) is 1.69. The lowest BCUT2D eigenvalue weighted by Gasteiger charge is -2.09. The predicted octanol–water partition coefficient (Wildman–Crippen LogP) is 3.59. The normalized spacial score (nSPS) is 13.8. The van der Waals surface area contributed by atoms with Crippen LogP contribution in [0.3, 0.4) is 0 Å². The average Bonchev–Trinajstić information content (AvgIpc) is 2.49. The summed E-state index contributed by atoms with van der Waals surface area (Å²) in [5.41, 5.74) is 0. The molecule has 0 aliphatic carbocycles. The molecule has 0 unspecified atom stereocenters. The highest BCUT2D eigenvalue weighted by atomic mass is 16.5. The molecule has 0 spiro atoms. The van der Waals surface area contributed by atoms with Gasteiger partial charge < -0.3 is 14.2 Å². The SMILES string of the molecule is CCCCOc1ccccc1OC.O=C1CCCCO1. The van der Waals surface area contributed by atoms with E-state index in [4.69, 9.17) is 9.47 Å². The van der Waals surface area contributed by atoms with E-state index < -0.39 is 0 Å². The third-order valence-corrected chi connectivity index (χ3v) is 2.86. The van der Waals surface area contributed by atoms with Crippen LogP contribution in [0.4, 0.5) is 0 Å². The van der Waals surface area contributed by atoms with Gasteiger partial charge in [0.2, 0.25) is 0 Å². The Bertz CT molecular complexity index is 382. The maximum absolute atomic E-state index is 10.2. The molecule has 1 heterocycles. The summed E-state index contributed by atoms with van der Waals surface area (Å²) in [4.78, 5) is 10.2. The highest BCUT2D eigenvalue weighted by Crippen LogP contribution is 2.25. The number of carbonyl (C=O) groups is 1. The number of benzene rings is 1. The summed E-state index contributed by atoms with van der Waals surface area (Å²) in [7, 11) is 1.65. The van der Waals surface area contributed by atoms with Crippen LogP contribution >= 0.6 is 0 Å². The van der Waals surface area contributed by atoms with Crippen LogP contribution in [0, 0.1) is 0 Å². The molecular weight excluding hydrogens is 256 g/mol. The predicted molar refractivity (Wildman–Crippen MR) is 78.2 cm³/mol. The van der Waals surface area contributed by atoms with E-state index in [-0.39, 0.29) is 5.97 Å². The number of esters is 1. The van der Waals surface area contributed by atoms with Gasteiger partial charge in [0.05, 0.1) is 20.3 Å². The standard InChI is InChI=1S/C11H16O2.C5H8O2/c1-3-4-9-13-11-8-6-5-7-10(11)12-2;6-5-3-1-2-4-7-5/h5-8H,3-4,9H2,1-2H3;1-4H2. The number of methoxy groups -OCH3 is 1. The maximum atomic E-state index is 10.2. The van der Waals surface area contributed by atoms with Gasteiger partial charge in [0.15, 0.2) is 11.5 Å². The van der Waals surface area contributed by atoms with Gasteiger partial charge >= 0.3 is 5.97 Å². The molecule has 1 saturated heterocycles. The fourth-order valence-electron chi connectivity index (χ4n) is 1.69. The van der Waals surface area contributed by atoms with Gasteiger partial charge in [-0.25, -0.2) is 0 Å². The van der Waals surface area contributed by atoms with Gasteiger partial charge in [-0.2, -0.15) is 0 Å². The summed E-state index contributed by atoms with van der Waals surface area (Å²) in [6, 6.07) is 7.71. The van der Waals surface area contributed by atoms with Crippen LogP contribution in [0.5, 0.6) is 11.5 Å². The number of hydrogen-bond donors (Lipinski definition) is 0. The van der Waals surface area contributed by atoms with Crippen molar-refractivity contribution >= 4 is 5.97 Å². The van der Waals surface area contributed by atoms with Gasteiger partial charge in [-0.1, -0.05) is 25.5 Å². The van der Waals surface area contributed by atoms with Crippen molar-refractivity contribution in [2.75, 3.05) is 20.3 Å². The number of cyclic esters (lactones) is 1. The molecule has 1 aromatic carbocycles. The summed E-state index contributed by atoms with van der Waals surface area (Å²) in [5, 5.41) is 0. The van der Waals surface area contributed by atoms with Crippen LogP contribution in [0.1, 0.15) is 39.0 Å². The van der Waals surface area contributed by atoms with Crippen LogP contribution in [0.2, 0.25) is 0 Å². The first-order valence-corrected chi connectivity index (χ1v) is 7.19. The fraction of sp³-hybridized carbons (Fsp3) is 0.562. The van der Waals surface area contributed by atoms with Crippen molar-refractivity contribution in [3.05, 3.63) is 24.3 Å². The quantitative estimate of drug-likeness (QED) is 0.611. The van der Waals surface area contributed by atoms with E-state index in [0.29, 0.717) is 13.0 Å². The van der Waals surface area contributed by atoms with Crippen molar-refractivity contribution in [2.45, 2.75) is 39.0 Å². The Kier molecular flexibility index (Phi) is 8.27. The number of rotatable bonds is 5. The molecule has 0 bridgehead atoms. The van der Waals surface area contributed by atoms with Crippen molar-refractivity contribution in [1.82, 2.24) is 0 Å². The third-order valence-electron chi connectivity index (χ3n) is 2.86. The summed E-state index contributed by atoms with van der Waals surface area (Å²) in [6.07, 6.45) is 4.91. The first-order chi connectivity index (χ1) is 9.77. The van der Waals surface area contributed by atoms with Gasteiger partial charge in [0.25, 0.3) is 0 Å². The molecule has 0 N–H and O–H groups in total. The van der Waals surface area contributed by atoms with Crippen LogP contribution in [0.15, 0.2) is 24.3 Å². The van der Waals surface area contributed by atoms with E-state index in [9.17, 15) is 4.79 Å². The van der Waals surface area contributed by atoms with Crippen molar-refractivity contribution in [1.29, 1.82) is 0 Å². The molecule has 0 radical (unpaired) electrons. The molecule has 0 atom stereocenters. The number of unbranched alkanes of at least 4 members (excludes halogenated alkanes) is 1. The van der Waals surface area contributed by atoms with Crippen molar-refractivity contribution in [2.24, 2.45) is 0 Å². The highest BCUT2D eigenvalue weighted by molar-refractivity contribution is 5.69. The lowest BCUT2D eigenvalue weighted by atomic mass is 10.2. The number of hydrogen-bond acceptors (Lipinski definition) is 4. The second kappa shape index (κ2) is 10.1. The summed E-state index contributed by atoms with van der Waals surface area (Å²) in [5.74, 6) is 1.60. The van der Waals surface area contributed by atoms with Crippen molar-refractivity contribution < 1.29 is 19.0 Å². The zero-order valence-electron chi connectivity index (χ0n) is 12.4. The van der Waals surface area contributed by atoms with Gasteiger partial charge in [-0.15, -0.1) is 0 Å². The molecular formula is C16H24O4. The number of para-hydroxylation sites is 2. The molecule has 0 aromatic heterocycles. The van der Waals surface area contributed by atoms with E-state index in [2.05, 4.69) is 11.7 Å². The lowest BCUT2D eigenvalue weighted by molar-refractivity contribution is -0.146. The molecule has 0 saturated carbocycles. The Morgan fingerprint density at radius 3 is 2.45 bits per heavy atom. The molecule has 0 amide bonds. The maximum Gasteiger partial charge on any atom is 0.305 e. The molecule has 1 aromatic rings. The highest BCUT2D eigenvalue weighted by Gasteiger charge is 2.06. The Hall–Kier alpha value is -1.71. The van der Waals surface area contributed by atoms with Gasteiger partial charge in [-0.3, -0.25) is 4.79 Å². The average molecular weight is 280 g/mol. The minimum absolute atomic E-state index is 0.0359. The van der Waals surface area contributed by atoms with E-state index in [0.717, 1.165) is 43.8 Å². The zero-order chi connectivity index (χ0) is 14.6. The summed E-state index contributed by atoms with van der Waals surface area (Å²) < 4.78 is 15.3. The molecule has 4 heteroatoms. The third kappa shape index (κ3) is 6.45. The molecule has 112 valence electrons. The molecule has 4 nitrogen and oxygen atoms in total. The van der Waals surface area contributed by atoms with Crippen LogP contribution < -0.4 is 9.47 Å². The molecule has 1 aliphatic rings. The van der Waals surface area contributed by atoms with Crippen molar-refractivity contribution in [3.8, 4) is 11.5 Å². The molecule has 1 fully saturated rings. The molecule has 2 rings (SSSR count). The van der Waals surface area contributed by atoms with Crippen LogP contribution in [-0.2, 0) is 9.53 Å². The zero-order valence-corrected chi connectivity index (χ0v) is 12.4. The Balaban J connectivity index is 0.000000240.